The molecule has 0 aliphatic carbocycles. The van der Waals surface area contributed by atoms with Gasteiger partial charge in [0.25, 0.3) is 5.91 Å². The van der Waals surface area contributed by atoms with Crippen molar-refractivity contribution in [3.63, 3.8) is 0 Å². The fourth-order valence-electron chi connectivity index (χ4n) is 2.02. The van der Waals surface area contributed by atoms with Gasteiger partial charge in [0.2, 0.25) is 0 Å². The molecule has 1 amide bonds. The largest absolute Gasteiger partial charge is 0.481 e. The SMILES string of the molecule is CC(C)(C)c1cc(C(=O)Nc2ccc(C(C)(C)C(=O)O)cc2)no1. The van der Waals surface area contributed by atoms with Gasteiger partial charge in [-0.15, -0.1) is 0 Å². The molecule has 0 fully saturated rings. The first-order valence-electron chi connectivity index (χ1n) is 7.64. The Labute approximate surface area is 140 Å². The number of nitrogens with zero attached hydrogens (tertiary/aromatic N) is 1. The average molecular weight is 330 g/mol. The molecule has 128 valence electrons. The first-order valence-corrected chi connectivity index (χ1v) is 7.64. The number of benzene rings is 1. The van der Waals surface area contributed by atoms with Crippen molar-refractivity contribution in [2.45, 2.75) is 45.4 Å². The fourth-order valence-corrected chi connectivity index (χ4v) is 2.02. The maximum Gasteiger partial charge on any atom is 0.313 e. The highest BCUT2D eigenvalue weighted by molar-refractivity contribution is 6.02. The van der Waals surface area contributed by atoms with Crippen LogP contribution in [0.25, 0.3) is 0 Å². The molecular formula is C18H22N2O4. The van der Waals surface area contributed by atoms with Gasteiger partial charge in [0.15, 0.2) is 5.69 Å². The van der Waals surface area contributed by atoms with Crippen LogP contribution in [0.15, 0.2) is 34.9 Å². The lowest BCUT2D eigenvalue weighted by Gasteiger charge is -2.19. The number of hydrogen-bond acceptors (Lipinski definition) is 4. The number of carboxylic acid groups (broad SMARTS) is 1. The first kappa shape index (κ1) is 17.7. The van der Waals surface area contributed by atoms with Crippen LogP contribution in [0.2, 0.25) is 0 Å². The monoisotopic (exact) mass is 330 g/mol. The van der Waals surface area contributed by atoms with E-state index in [9.17, 15) is 14.7 Å². The number of rotatable bonds is 4. The molecule has 0 atom stereocenters. The van der Waals surface area contributed by atoms with Gasteiger partial charge in [-0.3, -0.25) is 9.59 Å². The van der Waals surface area contributed by atoms with E-state index in [2.05, 4.69) is 10.5 Å². The molecule has 6 nitrogen and oxygen atoms in total. The van der Waals surface area contributed by atoms with E-state index >= 15 is 0 Å². The van der Waals surface area contributed by atoms with Crippen LogP contribution in [0, 0.1) is 0 Å². The van der Waals surface area contributed by atoms with Gasteiger partial charge >= 0.3 is 5.97 Å². The second-order valence-corrected chi connectivity index (χ2v) is 7.29. The third-order valence-corrected chi connectivity index (χ3v) is 3.88. The van der Waals surface area contributed by atoms with E-state index in [-0.39, 0.29) is 17.0 Å². The van der Waals surface area contributed by atoms with Crippen molar-refractivity contribution in [2.24, 2.45) is 0 Å². The van der Waals surface area contributed by atoms with Crippen LogP contribution < -0.4 is 5.32 Å². The molecular weight excluding hydrogens is 308 g/mol. The third-order valence-electron chi connectivity index (χ3n) is 3.88. The normalized spacial score (nSPS) is 12.0. The van der Waals surface area contributed by atoms with Crippen molar-refractivity contribution < 1.29 is 19.2 Å². The maximum absolute atomic E-state index is 12.2. The van der Waals surface area contributed by atoms with E-state index in [0.29, 0.717) is 17.0 Å². The Hall–Kier alpha value is -2.63. The van der Waals surface area contributed by atoms with E-state index in [1.54, 1.807) is 44.2 Å². The number of carboxylic acids is 1. The Morgan fingerprint density at radius 2 is 1.67 bits per heavy atom. The molecule has 0 bridgehead atoms. The predicted octanol–water partition coefficient (Wildman–Crippen LogP) is 3.59. The minimum Gasteiger partial charge on any atom is -0.481 e. The number of hydrogen-bond donors (Lipinski definition) is 2. The van der Waals surface area contributed by atoms with Crippen LogP contribution in [0.3, 0.4) is 0 Å². The Morgan fingerprint density at radius 1 is 1.08 bits per heavy atom. The smallest absolute Gasteiger partial charge is 0.313 e. The summed E-state index contributed by atoms with van der Waals surface area (Å²) in [4.78, 5) is 23.5. The minimum absolute atomic E-state index is 0.204. The molecule has 0 saturated heterocycles. The number of nitrogens with one attached hydrogen (secondary N) is 1. The van der Waals surface area contributed by atoms with Gasteiger partial charge in [-0.05, 0) is 31.5 Å². The van der Waals surface area contributed by atoms with Crippen molar-refractivity contribution in [3.8, 4) is 0 Å². The second-order valence-electron chi connectivity index (χ2n) is 7.29. The van der Waals surface area contributed by atoms with Gasteiger partial charge in [0, 0.05) is 17.2 Å². The van der Waals surface area contributed by atoms with Gasteiger partial charge in [0.1, 0.15) is 5.76 Å². The van der Waals surface area contributed by atoms with Gasteiger partial charge in [-0.2, -0.15) is 0 Å². The molecule has 1 aromatic carbocycles. The Bertz CT molecular complexity index is 752. The number of anilines is 1. The summed E-state index contributed by atoms with van der Waals surface area (Å²) in [5, 5.41) is 15.8. The lowest BCUT2D eigenvalue weighted by atomic mass is 9.85. The maximum atomic E-state index is 12.2. The summed E-state index contributed by atoms with van der Waals surface area (Å²) >= 11 is 0. The molecule has 24 heavy (non-hydrogen) atoms. The quantitative estimate of drug-likeness (QED) is 0.893. The zero-order valence-electron chi connectivity index (χ0n) is 14.5. The van der Waals surface area contributed by atoms with Crippen molar-refractivity contribution in [1.82, 2.24) is 5.16 Å². The Balaban J connectivity index is 2.13. The predicted molar refractivity (Wildman–Crippen MR) is 90.3 cm³/mol. The van der Waals surface area contributed by atoms with Gasteiger partial charge in [0.05, 0.1) is 5.41 Å². The van der Waals surface area contributed by atoms with Crippen LogP contribution in [-0.2, 0) is 15.6 Å². The molecule has 0 saturated carbocycles. The molecule has 0 aliphatic heterocycles. The summed E-state index contributed by atoms with van der Waals surface area (Å²) in [6.45, 7) is 9.17. The Morgan fingerprint density at radius 3 is 2.12 bits per heavy atom. The molecule has 0 aliphatic rings. The van der Waals surface area contributed by atoms with Gasteiger partial charge < -0.3 is 14.9 Å². The highest BCUT2D eigenvalue weighted by atomic mass is 16.5. The zero-order chi connectivity index (χ0) is 18.1. The number of carbonyl (C=O) groups is 2. The van der Waals surface area contributed by atoms with Crippen molar-refractivity contribution in [1.29, 1.82) is 0 Å². The highest BCUT2D eigenvalue weighted by Gasteiger charge is 2.29. The summed E-state index contributed by atoms with van der Waals surface area (Å²) in [5.41, 5.74) is 0.204. The Kier molecular flexibility index (Phi) is 4.51. The molecule has 1 heterocycles. The molecule has 2 aromatic rings. The number of carbonyl (C=O) groups excluding carboxylic acids is 1. The van der Waals surface area contributed by atoms with E-state index < -0.39 is 11.4 Å². The highest BCUT2D eigenvalue weighted by Crippen LogP contribution is 2.25. The minimum atomic E-state index is -0.990. The van der Waals surface area contributed by atoms with E-state index in [1.165, 1.54) is 0 Å². The van der Waals surface area contributed by atoms with Crippen molar-refractivity contribution >= 4 is 17.6 Å². The molecule has 1 aromatic heterocycles. The molecule has 2 N–H and O–H groups in total. The van der Waals surface area contributed by atoms with Gasteiger partial charge in [-0.1, -0.05) is 38.1 Å². The van der Waals surface area contributed by atoms with Crippen LogP contribution >= 0.6 is 0 Å². The van der Waals surface area contributed by atoms with E-state index in [4.69, 9.17) is 4.52 Å². The summed E-state index contributed by atoms with van der Waals surface area (Å²) in [5.74, 6) is -0.651. The topological polar surface area (TPSA) is 92.4 Å². The van der Waals surface area contributed by atoms with Crippen molar-refractivity contribution in [2.75, 3.05) is 5.32 Å². The average Bonchev–Trinajstić information content (AvgIpc) is 2.97. The first-order chi connectivity index (χ1) is 11.0. The van der Waals surface area contributed by atoms with E-state index in [0.717, 1.165) is 0 Å². The number of aliphatic carboxylic acids is 1. The summed E-state index contributed by atoms with van der Waals surface area (Å²) in [7, 11) is 0. The van der Waals surface area contributed by atoms with Crippen LogP contribution in [0.1, 0.15) is 56.4 Å². The second kappa shape index (κ2) is 6.11. The summed E-state index contributed by atoms with van der Waals surface area (Å²) < 4.78 is 5.20. The lowest BCUT2D eigenvalue weighted by Crippen LogP contribution is -2.28. The lowest BCUT2D eigenvalue weighted by molar-refractivity contribution is -0.142. The molecule has 0 unspecified atom stereocenters. The molecule has 6 heteroatoms. The van der Waals surface area contributed by atoms with Crippen LogP contribution in [-0.4, -0.2) is 22.1 Å². The standard InChI is InChI=1S/C18H22N2O4/c1-17(2,3)14-10-13(20-24-14)15(21)19-12-8-6-11(7-9-12)18(4,5)16(22)23/h6-10H,1-5H3,(H,19,21)(H,22,23). The van der Waals surface area contributed by atoms with Crippen LogP contribution in [0.5, 0.6) is 0 Å². The zero-order valence-corrected chi connectivity index (χ0v) is 14.5. The van der Waals surface area contributed by atoms with E-state index in [1.807, 2.05) is 20.8 Å². The molecule has 0 radical (unpaired) electrons. The van der Waals surface area contributed by atoms with Crippen molar-refractivity contribution in [3.05, 3.63) is 47.3 Å². The third kappa shape index (κ3) is 3.64. The molecule has 0 spiro atoms. The number of amides is 1. The number of aromatic nitrogens is 1. The summed E-state index contributed by atoms with van der Waals surface area (Å²) in [6.07, 6.45) is 0. The summed E-state index contributed by atoms with van der Waals surface area (Å²) in [6, 6.07) is 8.34. The van der Waals surface area contributed by atoms with Crippen LogP contribution in [0.4, 0.5) is 5.69 Å². The molecule has 2 rings (SSSR count). The fraction of sp³-hybridized carbons (Fsp3) is 0.389. The van der Waals surface area contributed by atoms with Gasteiger partial charge in [-0.25, -0.2) is 0 Å².